The largest absolute Gasteiger partial charge is 0.255 e. The zero-order chi connectivity index (χ0) is 81.3. The predicted molar refractivity (Wildman–Crippen MR) is 499 cm³/mol. The fourth-order valence-electron chi connectivity index (χ4n) is 17.2. The minimum Gasteiger partial charge on any atom is -0.255 e. The van der Waals surface area contributed by atoms with Gasteiger partial charge in [0.1, 0.15) is 0 Å². The lowest BCUT2D eigenvalue weighted by atomic mass is 9.86. The second-order valence-corrected chi connectivity index (χ2v) is 37.3. The highest BCUT2D eigenvalue weighted by atomic mass is 14.7. The summed E-state index contributed by atoms with van der Waals surface area (Å²) in [6.07, 6.45) is 14.0. The first kappa shape index (κ1) is 82.9. The fourth-order valence-corrected chi connectivity index (χ4v) is 17.2. The molecule has 15 aromatic rings. The highest BCUT2D eigenvalue weighted by molar-refractivity contribution is 6.02. The van der Waals surface area contributed by atoms with Gasteiger partial charge in [-0.3, -0.25) is 9.97 Å². The Morgan fingerprint density at radius 1 is 0.281 bits per heavy atom. The van der Waals surface area contributed by atoms with E-state index < -0.39 is 0 Å². The molecule has 114 heavy (non-hydrogen) atoms. The molecule has 582 valence electrons. The average Bonchev–Trinajstić information content (AvgIpc) is 0.854. The standard InChI is InChI=1S/C23H27N.C23H26.C22H25N.C22H22.C22H24/c1-15-9-16(2)11-19(10-15)22-20-8-7-18(13-23(4,5)6)12-21(20)17(3)14-24-22;1-16-7-6-8-19(13-16)20-11-9-17(2)22-14-18(10-12-21(20)22)15-23(3,4)5;1-14(2)8-18-6-7-20-21(12-18)17(5)13-23-22(20)19-10-15(3)9-16(4)11-19;1-16-11-13-20(18-9-3-2-4-10-18)21-14-12-19(15-22(16)21)17-7-5-6-8-17;1-16-10-12-19(18-8-6-5-7-9-18)20-13-11-17(14-21(16)20)15-22(2,3)4/h7-12,14H,13H2,1-6H3;6-14H,15H2,1-5H3;6-7,9-14H,8H2,1-5H3;2-4,9-15,17H,5-8H2,1H3;5-14H,15H2,1-4H3. The van der Waals surface area contributed by atoms with Gasteiger partial charge in [-0.15, -0.1) is 0 Å². The number of aryl methyl sites for hydroxylation is 10. The van der Waals surface area contributed by atoms with Crippen molar-refractivity contribution in [1.29, 1.82) is 0 Å². The van der Waals surface area contributed by atoms with E-state index >= 15 is 0 Å². The Morgan fingerprint density at radius 2 is 0.614 bits per heavy atom. The minimum absolute atomic E-state index is 0.297. The summed E-state index contributed by atoms with van der Waals surface area (Å²) < 4.78 is 0. The van der Waals surface area contributed by atoms with Crippen LogP contribution in [0, 0.1) is 91.4 Å². The van der Waals surface area contributed by atoms with Crippen molar-refractivity contribution in [2.75, 3.05) is 0 Å². The van der Waals surface area contributed by atoms with Crippen LogP contribution in [0.3, 0.4) is 0 Å². The van der Waals surface area contributed by atoms with Gasteiger partial charge in [-0.25, -0.2) is 0 Å². The molecular weight excluding hydrogens is 1370 g/mol. The van der Waals surface area contributed by atoms with E-state index in [1.54, 1.807) is 5.56 Å². The summed E-state index contributed by atoms with van der Waals surface area (Å²) in [6, 6.07) is 91.9. The number of aromatic nitrogens is 2. The van der Waals surface area contributed by atoms with Gasteiger partial charge in [0.2, 0.25) is 0 Å². The summed E-state index contributed by atoms with van der Waals surface area (Å²) >= 11 is 0. The number of hydrogen-bond acceptors (Lipinski definition) is 2. The van der Waals surface area contributed by atoms with Crippen molar-refractivity contribution < 1.29 is 0 Å². The van der Waals surface area contributed by atoms with E-state index in [9.17, 15) is 0 Å². The fraction of sp³-hybridized carbons (Fsp3) is 0.304. The SMILES string of the molecule is Cc1cc(C)cc(-c2ncc(C)c3cc(CC(C)(C)C)ccc23)c1.Cc1cc(C)cc(-c2ncc(C)c3cc(CC(C)C)ccc23)c1.Cc1ccc(-c2ccccc2)c2ccc(C3CCCC3)cc12.Cc1ccc(-c2ccccc2)c2ccc(CC(C)(C)C)cc12.Cc1cccc(-c2ccc(C)c3cc(CC(C)(C)C)ccc23)c1. The molecule has 0 unspecified atom stereocenters. The molecule has 0 N–H and O–H groups in total. The van der Waals surface area contributed by atoms with Gasteiger partial charge in [0.05, 0.1) is 11.4 Å². The molecule has 2 aromatic heterocycles. The first-order valence-corrected chi connectivity index (χ1v) is 42.0. The van der Waals surface area contributed by atoms with Gasteiger partial charge in [0.25, 0.3) is 0 Å². The third kappa shape index (κ3) is 21.3. The van der Waals surface area contributed by atoms with Crippen molar-refractivity contribution in [2.24, 2.45) is 22.2 Å². The van der Waals surface area contributed by atoms with E-state index in [1.165, 1.54) is 202 Å². The van der Waals surface area contributed by atoms with E-state index in [2.05, 4.69) is 394 Å². The molecular formula is C112H124N2. The average molecular weight is 1500 g/mol. The molecule has 2 nitrogen and oxygen atoms in total. The highest BCUT2D eigenvalue weighted by Crippen LogP contribution is 2.41. The maximum Gasteiger partial charge on any atom is 0.0780 e. The predicted octanol–water partition coefficient (Wildman–Crippen LogP) is 32.0. The van der Waals surface area contributed by atoms with Crippen LogP contribution in [0.2, 0.25) is 0 Å². The van der Waals surface area contributed by atoms with Gasteiger partial charge in [0, 0.05) is 34.3 Å². The molecule has 0 bridgehead atoms. The van der Waals surface area contributed by atoms with Crippen molar-refractivity contribution in [1.82, 2.24) is 9.97 Å². The van der Waals surface area contributed by atoms with Crippen LogP contribution < -0.4 is 0 Å². The Morgan fingerprint density at radius 3 is 1.00 bits per heavy atom. The van der Waals surface area contributed by atoms with Crippen molar-refractivity contribution in [2.45, 2.75) is 203 Å². The van der Waals surface area contributed by atoms with Crippen molar-refractivity contribution in [3.8, 4) is 55.9 Å². The lowest BCUT2D eigenvalue weighted by molar-refractivity contribution is 0.411. The summed E-state index contributed by atoms with van der Waals surface area (Å²) in [6.45, 7) is 46.9. The first-order valence-electron chi connectivity index (χ1n) is 42.0. The third-order valence-corrected chi connectivity index (χ3v) is 22.3. The molecule has 0 amide bonds. The number of fused-ring (bicyclic) bond motifs is 5. The van der Waals surface area contributed by atoms with Crippen molar-refractivity contribution in [3.63, 3.8) is 0 Å². The maximum atomic E-state index is 4.76. The zero-order valence-electron chi connectivity index (χ0n) is 72.5. The molecule has 0 saturated heterocycles. The minimum atomic E-state index is 0.297. The van der Waals surface area contributed by atoms with Crippen molar-refractivity contribution in [3.05, 3.63) is 345 Å². The lowest BCUT2D eigenvalue weighted by Crippen LogP contribution is -2.09. The van der Waals surface area contributed by atoms with E-state index in [0.29, 0.717) is 22.2 Å². The molecule has 1 fully saturated rings. The van der Waals surface area contributed by atoms with Crippen LogP contribution in [0.25, 0.3) is 110 Å². The topological polar surface area (TPSA) is 25.8 Å². The normalized spacial score (nSPS) is 12.5. The van der Waals surface area contributed by atoms with Crippen molar-refractivity contribution >= 4 is 53.9 Å². The Balaban J connectivity index is 0.000000132. The van der Waals surface area contributed by atoms with Gasteiger partial charge in [-0.2, -0.15) is 0 Å². The summed E-state index contributed by atoms with van der Waals surface area (Å²) in [5, 5.41) is 13.4. The van der Waals surface area contributed by atoms with E-state index in [4.69, 9.17) is 9.97 Å². The van der Waals surface area contributed by atoms with Gasteiger partial charge in [-0.05, 0) is 292 Å². The van der Waals surface area contributed by atoms with Crippen LogP contribution in [0.4, 0.5) is 0 Å². The maximum absolute atomic E-state index is 4.76. The molecule has 0 atom stereocenters. The Bertz CT molecular complexity index is 5840. The molecule has 2 heteroatoms. The molecule has 13 aromatic carbocycles. The number of rotatable bonds is 11. The van der Waals surface area contributed by atoms with E-state index in [-0.39, 0.29) is 0 Å². The number of hydrogen-bond donors (Lipinski definition) is 0. The van der Waals surface area contributed by atoms with Gasteiger partial charge < -0.3 is 0 Å². The first-order chi connectivity index (χ1) is 54.3. The molecule has 0 radical (unpaired) electrons. The van der Waals surface area contributed by atoms with Crippen LogP contribution in [-0.4, -0.2) is 9.97 Å². The van der Waals surface area contributed by atoms with Crippen LogP contribution >= 0.6 is 0 Å². The molecule has 0 aliphatic heterocycles. The number of pyridine rings is 2. The third-order valence-electron chi connectivity index (χ3n) is 22.3. The lowest BCUT2D eigenvalue weighted by Gasteiger charge is -2.19. The highest BCUT2D eigenvalue weighted by Gasteiger charge is 2.21. The number of benzene rings is 13. The van der Waals surface area contributed by atoms with Crippen LogP contribution in [0.1, 0.15) is 191 Å². The van der Waals surface area contributed by atoms with Gasteiger partial charge >= 0.3 is 0 Å². The quantitative estimate of drug-likeness (QED) is 0.129. The van der Waals surface area contributed by atoms with E-state index in [0.717, 1.165) is 43.0 Å². The zero-order valence-corrected chi connectivity index (χ0v) is 72.5. The monoisotopic (exact) mass is 1500 g/mol. The summed E-state index contributed by atoms with van der Waals surface area (Å²) in [7, 11) is 0. The smallest absolute Gasteiger partial charge is 0.0780 e. The molecule has 1 aliphatic carbocycles. The number of nitrogens with zero attached hydrogens (tertiary/aromatic N) is 2. The Labute approximate surface area is 684 Å². The van der Waals surface area contributed by atoms with Crippen LogP contribution in [-0.2, 0) is 25.7 Å². The molecule has 16 rings (SSSR count). The van der Waals surface area contributed by atoms with Gasteiger partial charge in [-0.1, -0.05) is 341 Å². The Kier molecular flexibility index (Phi) is 26.1. The molecule has 1 aliphatic rings. The molecule has 0 spiro atoms. The molecule has 1 saturated carbocycles. The molecule has 2 heterocycles. The second-order valence-electron chi connectivity index (χ2n) is 37.3. The van der Waals surface area contributed by atoms with E-state index in [1.807, 2.05) is 12.4 Å². The second kappa shape index (κ2) is 35.9. The Hall–Kier alpha value is -10.5. The summed E-state index contributed by atoms with van der Waals surface area (Å²) in [5.41, 5.74) is 33.6. The summed E-state index contributed by atoms with van der Waals surface area (Å²) in [4.78, 5) is 9.51. The summed E-state index contributed by atoms with van der Waals surface area (Å²) in [5.74, 6) is 1.46. The van der Waals surface area contributed by atoms with Crippen LogP contribution in [0.15, 0.2) is 261 Å². The van der Waals surface area contributed by atoms with Gasteiger partial charge in [0.15, 0.2) is 0 Å². The van der Waals surface area contributed by atoms with Crippen LogP contribution in [0.5, 0.6) is 0 Å².